The van der Waals surface area contributed by atoms with Crippen molar-refractivity contribution in [2.45, 2.75) is 12.8 Å². The predicted molar refractivity (Wildman–Crippen MR) is 79.8 cm³/mol. The van der Waals surface area contributed by atoms with Gasteiger partial charge in [0.15, 0.2) is 0 Å². The van der Waals surface area contributed by atoms with Crippen LogP contribution in [-0.2, 0) is 14.8 Å². The van der Waals surface area contributed by atoms with Crippen LogP contribution in [-0.4, -0.2) is 33.3 Å². The van der Waals surface area contributed by atoms with E-state index in [0.29, 0.717) is 30.1 Å². The molecule has 20 heavy (non-hydrogen) atoms. The fourth-order valence-electron chi connectivity index (χ4n) is 1.45. The molecule has 0 heterocycles. The molecule has 6 nitrogen and oxygen atoms in total. The molecule has 0 spiro atoms. The van der Waals surface area contributed by atoms with Crippen LogP contribution in [0.3, 0.4) is 0 Å². The van der Waals surface area contributed by atoms with Crippen molar-refractivity contribution in [2.24, 2.45) is 0 Å². The second-order valence-corrected chi connectivity index (χ2v) is 6.23. The molecule has 0 aromatic heterocycles. The molecule has 0 saturated heterocycles. The van der Waals surface area contributed by atoms with E-state index >= 15 is 0 Å². The van der Waals surface area contributed by atoms with Crippen molar-refractivity contribution in [1.29, 1.82) is 0 Å². The normalized spacial score (nSPS) is 10.9. The van der Waals surface area contributed by atoms with Gasteiger partial charge in [-0.05, 0) is 31.0 Å². The summed E-state index contributed by atoms with van der Waals surface area (Å²) in [7, 11) is -2.16. The zero-order valence-corrected chi connectivity index (χ0v) is 12.6. The van der Waals surface area contributed by atoms with Crippen molar-refractivity contribution < 1.29 is 17.9 Å². The number of benzene rings is 1. The summed E-state index contributed by atoms with van der Waals surface area (Å²) in [6.45, 7) is 0. The van der Waals surface area contributed by atoms with Crippen LogP contribution in [0.4, 0.5) is 16.2 Å². The Balaban J connectivity index is 2.68. The van der Waals surface area contributed by atoms with E-state index in [1.165, 1.54) is 13.2 Å². The van der Waals surface area contributed by atoms with Crippen molar-refractivity contribution in [2.75, 3.05) is 28.8 Å². The molecule has 1 aromatic rings. The van der Waals surface area contributed by atoms with Gasteiger partial charge >= 0.3 is 6.09 Å². The van der Waals surface area contributed by atoms with E-state index in [1.807, 2.05) is 0 Å². The lowest BCUT2D eigenvalue weighted by molar-refractivity contribution is 0.187. The monoisotopic (exact) mass is 320 g/mol. The van der Waals surface area contributed by atoms with Gasteiger partial charge in [-0.1, -0.05) is 6.07 Å². The fourth-order valence-corrected chi connectivity index (χ4v) is 2.81. The highest BCUT2D eigenvalue weighted by atomic mass is 35.5. The SMILES string of the molecule is COC(=O)Nc1cccc(NS(=O)(=O)CCCCCl)c1. The summed E-state index contributed by atoms with van der Waals surface area (Å²) >= 11 is 5.51. The van der Waals surface area contributed by atoms with Crippen LogP contribution in [0, 0.1) is 0 Å². The maximum Gasteiger partial charge on any atom is 0.411 e. The van der Waals surface area contributed by atoms with Crippen LogP contribution in [0.5, 0.6) is 0 Å². The summed E-state index contributed by atoms with van der Waals surface area (Å²) in [6, 6.07) is 6.36. The van der Waals surface area contributed by atoms with Gasteiger partial charge in [-0.25, -0.2) is 13.2 Å². The Bertz CT molecular complexity index is 548. The first-order valence-electron chi connectivity index (χ1n) is 5.98. The number of sulfonamides is 1. The van der Waals surface area contributed by atoms with Crippen LogP contribution in [0.2, 0.25) is 0 Å². The van der Waals surface area contributed by atoms with Gasteiger partial charge < -0.3 is 4.74 Å². The molecular weight excluding hydrogens is 304 g/mol. The summed E-state index contributed by atoms with van der Waals surface area (Å²) in [5.41, 5.74) is 0.822. The van der Waals surface area contributed by atoms with Gasteiger partial charge in [0.05, 0.1) is 18.6 Å². The Morgan fingerprint density at radius 3 is 2.65 bits per heavy atom. The molecule has 2 N–H and O–H groups in total. The summed E-state index contributed by atoms with van der Waals surface area (Å²) in [6.07, 6.45) is 0.526. The quantitative estimate of drug-likeness (QED) is 0.597. The number of nitrogens with one attached hydrogen (secondary N) is 2. The number of unbranched alkanes of at least 4 members (excludes halogenated alkanes) is 1. The second kappa shape index (κ2) is 7.96. The molecule has 0 unspecified atom stereocenters. The second-order valence-electron chi connectivity index (χ2n) is 4.01. The van der Waals surface area contributed by atoms with Crippen LogP contribution in [0.1, 0.15) is 12.8 Å². The maximum absolute atomic E-state index is 11.8. The van der Waals surface area contributed by atoms with Crippen LogP contribution >= 0.6 is 11.6 Å². The number of anilines is 2. The Kier molecular flexibility index (Phi) is 6.60. The first kappa shape index (κ1) is 16.6. The smallest absolute Gasteiger partial charge is 0.411 e. The molecule has 0 atom stereocenters. The Morgan fingerprint density at radius 2 is 2.00 bits per heavy atom. The van der Waals surface area contributed by atoms with E-state index in [1.54, 1.807) is 18.2 Å². The number of rotatable bonds is 7. The number of carbonyl (C=O) groups is 1. The van der Waals surface area contributed by atoms with Gasteiger partial charge in [0.1, 0.15) is 0 Å². The van der Waals surface area contributed by atoms with E-state index in [-0.39, 0.29) is 5.75 Å². The van der Waals surface area contributed by atoms with E-state index in [2.05, 4.69) is 14.8 Å². The van der Waals surface area contributed by atoms with Gasteiger partial charge in [-0.15, -0.1) is 11.6 Å². The molecule has 0 aliphatic heterocycles. The number of carbonyl (C=O) groups excluding carboxylic acids is 1. The van der Waals surface area contributed by atoms with Crippen molar-refractivity contribution in [3.8, 4) is 0 Å². The zero-order valence-electron chi connectivity index (χ0n) is 11.1. The maximum atomic E-state index is 11.8. The summed E-state index contributed by atoms with van der Waals surface area (Å²) < 4.78 is 30.5. The zero-order chi connectivity index (χ0) is 15.0. The van der Waals surface area contributed by atoms with Crippen molar-refractivity contribution >= 4 is 39.1 Å². The van der Waals surface area contributed by atoms with E-state index in [0.717, 1.165) is 0 Å². The Morgan fingerprint density at radius 1 is 1.30 bits per heavy atom. The van der Waals surface area contributed by atoms with Crippen LogP contribution in [0.15, 0.2) is 24.3 Å². The molecule has 1 amide bonds. The average molecular weight is 321 g/mol. The van der Waals surface area contributed by atoms with Crippen LogP contribution < -0.4 is 10.0 Å². The molecule has 0 aliphatic rings. The number of halogens is 1. The molecule has 0 radical (unpaired) electrons. The Labute approximate surface area is 123 Å². The summed E-state index contributed by atoms with van der Waals surface area (Å²) in [5.74, 6) is 0.447. The Hall–Kier alpha value is -1.47. The van der Waals surface area contributed by atoms with E-state index in [9.17, 15) is 13.2 Å². The predicted octanol–water partition coefficient (Wildman–Crippen LogP) is 2.63. The lowest BCUT2D eigenvalue weighted by Crippen LogP contribution is -2.17. The fraction of sp³-hybridized carbons (Fsp3) is 0.417. The molecule has 8 heteroatoms. The molecule has 112 valence electrons. The minimum Gasteiger partial charge on any atom is -0.453 e. The molecule has 0 saturated carbocycles. The number of alkyl halides is 1. The third-order valence-electron chi connectivity index (χ3n) is 2.36. The molecular formula is C12H17ClN2O4S. The minimum atomic E-state index is -3.41. The largest absolute Gasteiger partial charge is 0.453 e. The first-order valence-corrected chi connectivity index (χ1v) is 8.17. The first-order chi connectivity index (χ1) is 9.46. The average Bonchev–Trinajstić information content (AvgIpc) is 2.38. The number of hydrogen-bond acceptors (Lipinski definition) is 4. The molecule has 0 fully saturated rings. The molecule has 0 bridgehead atoms. The van der Waals surface area contributed by atoms with Gasteiger partial charge in [-0.3, -0.25) is 10.0 Å². The van der Waals surface area contributed by atoms with Gasteiger partial charge in [-0.2, -0.15) is 0 Å². The minimum absolute atomic E-state index is 0.00831. The highest BCUT2D eigenvalue weighted by molar-refractivity contribution is 7.92. The lowest BCUT2D eigenvalue weighted by Gasteiger charge is -2.09. The third-order valence-corrected chi connectivity index (χ3v) is 4.00. The van der Waals surface area contributed by atoms with E-state index in [4.69, 9.17) is 11.6 Å². The number of ether oxygens (including phenoxy) is 1. The van der Waals surface area contributed by atoms with Crippen molar-refractivity contribution in [3.63, 3.8) is 0 Å². The molecule has 0 aliphatic carbocycles. The van der Waals surface area contributed by atoms with Crippen LogP contribution in [0.25, 0.3) is 0 Å². The number of methoxy groups -OCH3 is 1. The topological polar surface area (TPSA) is 84.5 Å². The lowest BCUT2D eigenvalue weighted by atomic mass is 10.3. The standard InChI is InChI=1S/C12H17ClN2O4S/c1-19-12(16)14-10-5-4-6-11(9-10)15-20(17,18)8-3-2-7-13/h4-6,9,15H,2-3,7-8H2,1H3,(H,14,16). The van der Waals surface area contributed by atoms with E-state index < -0.39 is 16.1 Å². The summed E-state index contributed by atoms with van der Waals surface area (Å²) in [4.78, 5) is 11.1. The van der Waals surface area contributed by atoms with Gasteiger partial charge in [0, 0.05) is 11.6 Å². The highest BCUT2D eigenvalue weighted by Gasteiger charge is 2.10. The van der Waals surface area contributed by atoms with Crippen molar-refractivity contribution in [3.05, 3.63) is 24.3 Å². The number of amides is 1. The van der Waals surface area contributed by atoms with Gasteiger partial charge in [0.2, 0.25) is 10.0 Å². The molecule has 1 aromatic carbocycles. The number of hydrogen-bond donors (Lipinski definition) is 2. The summed E-state index contributed by atoms with van der Waals surface area (Å²) in [5, 5.41) is 2.46. The van der Waals surface area contributed by atoms with Gasteiger partial charge in [0.25, 0.3) is 0 Å². The molecule has 1 rings (SSSR count). The van der Waals surface area contributed by atoms with Crippen molar-refractivity contribution in [1.82, 2.24) is 0 Å². The third kappa shape index (κ3) is 6.12. The highest BCUT2D eigenvalue weighted by Crippen LogP contribution is 2.17.